The second-order valence-corrected chi connectivity index (χ2v) is 7.59. The number of benzene rings is 2. The van der Waals surface area contributed by atoms with Crippen molar-refractivity contribution in [3.63, 3.8) is 0 Å². The number of ether oxygens (including phenoxy) is 1. The molecule has 0 aliphatic carbocycles. The number of thioether (sulfide) groups is 1. The number of carbonyl (C=O) groups is 2. The van der Waals surface area contributed by atoms with Crippen molar-refractivity contribution in [3.05, 3.63) is 64.6 Å². The Bertz CT molecular complexity index is 908. The highest BCUT2D eigenvalue weighted by atomic mass is 32.2. The van der Waals surface area contributed by atoms with Gasteiger partial charge >= 0.3 is 0 Å². The molecule has 2 amide bonds. The lowest BCUT2D eigenvalue weighted by Gasteiger charge is -2.22. The normalized spacial score (nSPS) is 15.3. The zero-order valence-electron chi connectivity index (χ0n) is 17.1. The molecule has 0 N–H and O–H groups in total. The van der Waals surface area contributed by atoms with Gasteiger partial charge in [0.15, 0.2) is 0 Å². The summed E-state index contributed by atoms with van der Waals surface area (Å²) in [6.45, 7) is 8.62. The predicted octanol–water partition coefficient (Wildman–Crippen LogP) is 5.17. The van der Waals surface area contributed by atoms with Crippen LogP contribution in [0.3, 0.4) is 0 Å². The maximum atomic E-state index is 12.5. The van der Waals surface area contributed by atoms with Gasteiger partial charge in [0.25, 0.3) is 11.1 Å². The Hall–Kier alpha value is -2.73. The number of imide groups is 1. The Morgan fingerprint density at radius 1 is 1.03 bits per heavy atom. The van der Waals surface area contributed by atoms with E-state index in [-0.39, 0.29) is 11.1 Å². The standard InChI is InChI=1S/C23H26N2O3S/c1-4-24(5-2)19-13-12-18(14-21-22(26)25(6-3)23(27)29-21)20(15-19)28-16-17-10-8-7-9-11-17/h7-15H,4-6,16H2,1-3H3/b21-14+. The first kappa shape index (κ1) is 21.0. The zero-order valence-corrected chi connectivity index (χ0v) is 17.9. The molecule has 1 aliphatic rings. The van der Waals surface area contributed by atoms with E-state index < -0.39 is 0 Å². The van der Waals surface area contributed by atoms with Gasteiger partial charge in [-0.1, -0.05) is 30.3 Å². The number of amides is 2. The highest BCUT2D eigenvalue weighted by Crippen LogP contribution is 2.35. The van der Waals surface area contributed by atoms with Crippen LogP contribution in [0, 0.1) is 0 Å². The van der Waals surface area contributed by atoms with Crippen molar-refractivity contribution in [2.24, 2.45) is 0 Å². The van der Waals surface area contributed by atoms with Gasteiger partial charge in [-0.05, 0) is 56.3 Å². The minimum absolute atomic E-state index is 0.227. The van der Waals surface area contributed by atoms with Crippen molar-refractivity contribution in [2.75, 3.05) is 24.5 Å². The third kappa shape index (κ3) is 4.82. The number of carbonyl (C=O) groups excluding carboxylic acids is 2. The van der Waals surface area contributed by atoms with Gasteiger partial charge in [0.1, 0.15) is 12.4 Å². The smallest absolute Gasteiger partial charge is 0.293 e. The topological polar surface area (TPSA) is 49.9 Å². The molecule has 5 nitrogen and oxygen atoms in total. The van der Waals surface area contributed by atoms with Crippen molar-refractivity contribution >= 4 is 34.7 Å². The van der Waals surface area contributed by atoms with Crippen LogP contribution in [0.1, 0.15) is 31.9 Å². The summed E-state index contributed by atoms with van der Waals surface area (Å²) < 4.78 is 6.14. The number of likely N-dealkylation sites (N-methyl/N-ethyl adjacent to an activating group) is 1. The monoisotopic (exact) mass is 410 g/mol. The average Bonchev–Trinajstić information content (AvgIpc) is 3.01. The van der Waals surface area contributed by atoms with Crippen molar-refractivity contribution in [2.45, 2.75) is 27.4 Å². The Morgan fingerprint density at radius 2 is 1.76 bits per heavy atom. The number of hydrogen-bond donors (Lipinski definition) is 0. The van der Waals surface area contributed by atoms with Crippen LogP contribution in [-0.4, -0.2) is 35.7 Å². The second-order valence-electron chi connectivity index (χ2n) is 6.59. The minimum atomic E-state index is -0.246. The van der Waals surface area contributed by atoms with Crippen LogP contribution in [0.5, 0.6) is 5.75 Å². The van der Waals surface area contributed by atoms with Gasteiger partial charge in [0.05, 0.1) is 4.91 Å². The summed E-state index contributed by atoms with van der Waals surface area (Å²) in [7, 11) is 0. The highest BCUT2D eigenvalue weighted by Gasteiger charge is 2.33. The summed E-state index contributed by atoms with van der Waals surface area (Å²) in [5.41, 5.74) is 2.92. The largest absolute Gasteiger partial charge is 0.488 e. The van der Waals surface area contributed by atoms with E-state index in [2.05, 4.69) is 18.7 Å². The van der Waals surface area contributed by atoms with Gasteiger partial charge in [-0.15, -0.1) is 0 Å². The Balaban J connectivity index is 1.93. The molecule has 1 heterocycles. The number of hydrogen-bond acceptors (Lipinski definition) is 5. The van der Waals surface area contributed by atoms with Crippen LogP contribution in [0.15, 0.2) is 53.4 Å². The highest BCUT2D eigenvalue weighted by molar-refractivity contribution is 8.18. The lowest BCUT2D eigenvalue weighted by molar-refractivity contribution is -0.122. The molecule has 6 heteroatoms. The van der Waals surface area contributed by atoms with Crippen LogP contribution in [-0.2, 0) is 11.4 Å². The zero-order chi connectivity index (χ0) is 20.8. The first-order chi connectivity index (χ1) is 14.1. The van der Waals surface area contributed by atoms with Gasteiger partial charge in [-0.25, -0.2) is 0 Å². The van der Waals surface area contributed by atoms with Crippen molar-refractivity contribution in [1.29, 1.82) is 0 Å². The van der Waals surface area contributed by atoms with E-state index in [4.69, 9.17) is 4.74 Å². The molecule has 2 aromatic rings. The molecule has 1 fully saturated rings. The molecule has 0 aromatic heterocycles. The molecule has 152 valence electrons. The van der Waals surface area contributed by atoms with Crippen LogP contribution in [0.2, 0.25) is 0 Å². The Kier molecular flexibility index (Phi) is 6.99. The van der Waals surface area contributed by atoms with Crippen molar-refractivity contribution < 1.29 is 14.3 Å². The predicted molar refractivity (Wildman–Crippen MR) is 119 cm³/mol. The van der Waals surface area contributed by atoms with Gasteiger partial charge in [-0.2, -0.15) is 0 Å². The summed E-state index contributed by atoms with van der Waals surface area (Å²) >= 11 is 0.976. The quantitative estimate of drug-likeness (QED) is 0.562. The summed E-state index contributed by atoms with van der Waals surface area (Å²) in [6, 6.07) is 15.9. The van der Waals surface area contributed by atoms with E-state index in [1.165, 1.54) is 4.90 Å². The van der Waals surface area contributed by atoms with Crippen LogP contribution < -0.4 is 9.64 Å². The van der Waals surface area contributed by atoms with Crippen molar-refractivity contribution in [1.82, 2.24) is 4.90 Å². The fourth-order valence-corrected chi connectivity index (χ4v) is 4.10. The molecular weight excluding hydrogens is 384 g/mol. The maximum Gasteiger partial charge on any atom is 0.293 e. The van der Waals surface area contributed by atoms with Crippen molar-refractivity contribution in [3.8, 4) is 5.75 Å². The first-order valence-corrected chi connectivity index (χ1v) is 10.7. The minimum Gasteiger partial charge on any atom is -0.488 e. The Morgan fingerprint density at radius 3 is 2.38 bits per heavy atom. The molecule has 0 spiro atoms. The molecule has 0 atom stereocenters. The van der Waals surface area contributed by atoms with E-state index in [0.717, 1.165) is 41.7 Å². The lowest BCUT2D eigenvalue weighted by atomic mass is 10.1. The van der Waals surface area contributed by atoms with E-state index in [1.54, 1.807) is 13.0 Å². The molecule has 2 aromatic carbocycles. The second kappa shape index (κ2) is 9.65. The number of anilines is 1. The molecular formula is C23H26N2O3S. The van der Waals surface area contributed by atoms with Gasteiger partial charge in [0, 0.05) is 37.0 Å². The summed E-state index contributed by atoms with van der Waals surface area (Å²) in [5.74, 6) is 0.450. The maximum absolute atomic E-state index is 12.5. The van der Waals surface area contributed by atoms with Crippen LogP contribution in [0.25, 0.3) is 6.08 Å². The van der Waals surface area contributed by atoms with Crippen LogP contribution >= 0.6 is 11.8 Å². The number of rotatable bonds is 8. The average molecular weight is 411 g/mol. The molecule has 3 rings (SSSR count). The Labute approximate surface area is 176 Å². The van der Waals surface area contributed by atoms with E-state index in [0.29, 0.717) is 23.8 Å². The van der Waals surface area contributed by atoms with E-state index in [9.17, 15) is 9.59 Å². The third-order valence-corrected chi connectivity index (χ3v) is 5.75. The molecule has 0 saturated carbocycles. The van der Waals surface area contributed by atoms with Gasteiger partial charge < -0.3 is 9.64 Å². The summed E-state index contributed by atoms with van der Waals surface area (Å²) in [4.78, 5) is 28.4. The van der Waals surface area contributed by atoms with E-state index in [1.807, 2.05) is 48.5 Å². The molecule has 0 radical (unpaired) electrons. The molecule has 0 bridgehead atoms. The fraction of sp³-hybridized carbons (Fsp3) is 0.304. The third-order valence-electron chi connectivity index (χ3n) is 4.84. The molecule has 29 heavy (non-hydrogen) atoms. The molecule has 1 aliphatic heterocycles. The fourth-order valence-electron chi connectivity index (χ4n) is 3.20. The van der Waals surface area contributed by atoms with Gasteiger partial charge in [0.2, 0.25) is 0 Å². The molecule has 1 saturated heterocycles. The van der Waals surface area contributed by atoms with Gasteiger partial charge in [-0.3, -0.25) is 14.5 Å². The van der Waals surface area contributed by atoms with Crippen LogP contribution in [0.4, 0.5) is 10.5 Å². The summed E-state index contributed by atoms with van der Waals surface area (Å²) in [5, 5.41) is -0.227. The first-order valence-electron chi connectivity index (χ1n) is 9.88. The molecule has 0 unspecified atom stereocenters. The summed E-state index contributed by atoms with van der Waals surface area (Å²) in [6.07, 6.45) is 1.76. The van der Waals surface area contributed by atoms with E-state index >= 15 is 0 Å². The SMILES string of the molecule is CCN1C(=O)S/C(=C/c2ccc(N(CC)CC)cc2OCc2ccccc2)C1=O. The lowest BCUT2D eigenvalue weighted by Crippen LogP contribution is -2.27. The number of nitrogens with zero attached hydrogens (tertiary/aromatic N) is 2.